The van der Waals surface area contributed by atoms with Gasteiger partial charge in [-0.1, -0.05) is 0 Å². The molecule has 0 aliphatic rings. The number of nitrogens with zero attached hydrogens (tertiary/aromatic N) is 1. The molecular formula is C9H16N4O2. The lowest BCUT2D eigenvalue weighted by molar-refractivity contribution is 0.0238. The van der Waals surface area contributed by atoms with Gasteiger partial charge in [-0.05, 0) is 12.5 Å². The summed E-state index contributed by atoms with van der Waals surface area (Å²) in [6, 6.07) is 0. The van der Waals surface area contributed by atoms with E-state index in [1.54, 1.807) is 6.92 Å². The average molecular weight is 212 g/mol. The van der Waals surface area contributed by atoms with Gasteiger partial charge < -0.3 is 27.4 Å². The molecule has 0 saturated carbocycles. The molecule has 6 nitrogen and oxygen atoms in total. The maximum absolute atomic E-state index is 9.72. The molecule has 1 heterocycles. The standard InChI is InChI=1S/C9H16N4O2/c1-4-5(8(15)6(14)2-10)3-13-9(12)7(4)11/h3,6,8,14-15H,2,10-11H2,1H3,(H2,12,13). The molecule has 2 unspecified atom stereocenters. The Morgan fingerprint density at radius 1 is 1.40 bits per heavy atom. The normalized spacial score (nSPS) is 14.9. The summed E-state index contributed by atoms with van der Waals surface area (Å²) in [7, 11) is 0. The molecule has 84 valence electrons. The summed E-state index contributed by atoms with van der Waals surface area (Å²) in [6.07, 6.45) is -0.733. The molecule has 0 fully saturated rings. The van der Waals surface area contributed by atoms with Crippen molar-refractivity contribution in [2.75, 3.05) is 18.0 Å². The van der Waals surface area contributed by atoms with Crippen LogP contribution in [0.4, 0.5) is 11.5 Å². The topological polar surface area (TPSA) is 131 Å². The van der Waals surface area contributed by atoms with Crippen LogP contribution in [0.1, 0.15) is 17.2 Å². The predicted molar refractivity (Wildman–Crippen MR) is 57.8 cm³/mol. The molecule has 0 amide bonds. The first kappa shape index (κ1) is 11.7. The number of hydrogen-bond acceptors (Lipinski definition) is 6. The summed E-state index contributed by atoms with van der Waals surface area (Å²) >= 11 is 0. The Labute approximate surface area is 87.7 Å². The lowest BCUT2D eigenvalue weighted by atomic mass is 10.0. The van der Waals surface area contributed by atoms with Crippen LogP contribution >= 0.6 is 0 Å². The molecule has 0 bridgehead atoms. The first-order valence-corrected chi connectivity index (χ1v) is 4.55. The van der Waals surface area contributed by atoms with Crippen LogP contribution in [0.15, 0.2) is 6.20 Å². The van der Waals surface area contributed by atoms with Gasteiger partial charge in [-0.15, -0.1) is 0 Å². The van der Waals surface area contributed by atoms with Crippen molar-refractivity contribution in [1.82, 2.24) is 4.98 Å². The van der Waals surface area contributed by atoms with Crippen molar-refractivity contribution in [2.45, 2.75) is 19.1 Å². The highest BCUT2D eigenvalue weighted by atomic mass is 16.3. The Morgan fingerprint density at radius 3 is 2.53 bits per heavy atom. The molecule has 1 rings (SSSR count). The second-order valence-corrected chi connectivity index (χ2v) is 3.39. The smallest absolute Gasteiger partial charge is 0.146 e. The number of rotatable bonds is 3. The maximum Gasteiger partial charge on any atom is 0.146 e. The molecule has 15 heavy (non-hydrogen) atoms. The second kappa shape index (κ2) is 4.43. The zero-order valence-electron chi connectivity index (χ0n) is 8.51. The fourth-order valence-electron chi connectivity index (χ4n) is 1.29. The third-order valence-electron chi connectivity index (χ3n) is 2.38. The van der Waals surface area contributed by atoms with E-state index < -0.39 is 12.2 Å². The Balaban J connectivity index is 3.10. The minimum atomic E-state index is -1.09. The lowest BCUT2D eigenvalue weighted by Crippen LogP contribution is -2.28. The molecular weight excluding hydrogens is 196 g/mol. The van der Waals surface area contributed by atoms with Gasteiger partial charge in [0.15, 0.2) is 0 Å². The molecule has 0 spiro atoms. The molecule has 8 N–H and O–H groups in total. The van der Waals surface area contributed by atoms with Crippen LogP contribution in [0.25, 0.3) is 0 Å². The summed E-state index contributed by atoms with van der Waals surface area (Å²) in [4.78, 5) is 3.82. The summed E-state index contributed by atoms with van der Waals surface area (Å²) in [5.74, 6) is 0.214. The van der Waals surface area contributed by atoms with Gasteiger partial charge in [0.1, 0.15) is 11.9 Å². The molecule has 0 aliphatic heterocycles. The Hall–Kier alpha value is -1.37. The molecule has 1 aromatic rings. The molecule has 0 aliphatic carbocycles. The molecule has 0 saturated heterocycles. The Morgan fingerprint density at radius 2 is 2.00 bits per heavy atom. The monoisotopic (exact) mass is 212 g/mol. The van der Waals surface area contributed by atoms with E-state index >= 15 is 0 Å². The zero-order chi connectivity index (χ0) is 11.6. The Kier molecular flexibility index (Phi) is 3.46. The van der Waals surface area contributed by atoms with Gasteiger partial charge in [0, 0.05) is 18.3 Å². The van der Waals surface area contributed by atoms with Crippen molar-refractivity contribution >= 4 is 11.5 Å². The number of nitrogens with two attached hydrogens (primary N) is 3. The van der Waals surface area contributed by atoms with Gasteiger partial charge in [-0.25, -0.2) is 4.98 Å². The van der Waals surface area contributed by atoms with Gasteiger partial charge in [-0.2, -0.15) is 0 Å². The van der Waals surface area contributed by atoms with Crippen LogP contribution < -0.4 is 17.2 Å². The van der Waals surface area contributed by atoms with Gasteiger partial charge >= 0.3 is 0 Å². The molecule has 1 aromatic heterocycles. The van der Waals surface area contributed by atoms with Crippen LogP contribution in [-0.4, -0.2) is 27.8 Å². The van der Waals surface area contributed by atoms with Gasteiger partial charge in [0.2, 0.25) is 0 Å². The largest absolute Gasteiger partial charge is 0.396 e. The van der Waals surface area contributed by atoms with E-state index in [-0.39, 0.29) is 12.4 Å². The first-order chi connectivity index (χ1) is 6.99. The van der Waals surface area contributed by atoms with Crippen LogP contribution in [0, 0.1) is 6.92 Å². The number of pyridine rings is 1. The van der Waals surface area contributed by atoms with Crippen molar-refractivity contribution < 1.29 is 10.2 Å². The van der Waals surface area contributed by atoms with Crippen molar-refractivity contribution in [1.29, 1.82) is 0 Å². The van der Waals surface area contributed by atoms with Gasteiger partial charge in [0.05, 0.1) is 11.8 Å². The number of aliphatic hydroxyl groups excluding tert-OH is 2. The number of hydrogen-bond donors (Lipinski definition) is 5. The van der Waals surface area contributed by atoms with E-state index in [0.29, 0.717) is 16.8 Å². The summed E-state index contributed by atoms with van der Waals surface area (Å²) < 4.78 is 0. The lowest BCUT2D eigenvalue weighted by Gasteiger charge is -2.19. The maximum atomic E-state index is 9.72. The molecule has 2 atom stereocenters. The minimum Gasteiger partial charge on any atom is -0.396 e. The van der Waals surface area contributed by atoms with Crippen molar-refractivity contribution in [2.24, 2.45) is 5.73 Å². The highest BCUT2D eigenvalue weighted by Crippen LogP contribution is 2.26. The number of nitrogen functional groups attached to an aromatic ring is 2. The van der Waals surface area contributed by atoms with Crippen molar-refractivity contribution in [3.8, 4) is 0 Å². The van der Waals surface area contributed by atoms with Gasteiger partial charge in [-0.3, -0.25) is 0 Å². The fourth-order valence-corrected chi connectivity index (χ4v) is 1.29. The predicted octanol–water partition coefficient (Wildman–Crippen LogP) is -1.09. The molecule has 6 heteroatoms. The Bertz CT molecular complexity index is 356. The van der Waals surface area contributed by atoms with Crippen LogP contribution in [0.3, 0.4) is 0 Å². The SMILES string of the molecule is Cc1c(C(O)C(O)CN)cnc(N)c1N. The van der Waals surface area contributed by atoms with Crippen molar-refractivity contribution in [3.63, 3.8) is 0 Å². The summed E-state index contributed by atoms with van der Waals surface area (Å²) in [5, 5.41) is 19.1. The first-order valence-electron chi connectivity index (χ1n) is 4.55. The van der Waals surface area contributed by atoms with E-state index in [1.807, 2.05) is 0 Å². The quantitative estimate of drug-likeness (QED) is 0.432. The van der Waals surface area contributed by atoms with E-state index in [1.165, 1.54) is 6.20 Å². The third-order valence-corrected chi connectivity index (χ3v) is 2.38. The fraction of sp³-hybridized carbons (Fsp3) is 0.444. The summed E-state index contributed by atoms with van der Waals surface area (Å²) in [6.45, 7) is 1.67. The van der Waals surface area contributed by atoms with E-state index in [9.17, 15) is 10.2 Å². The highest BCUT2D eigenvalue weighted by Gasteiger charge is 2.20. The number of anilines is 2. The van der Waals surface area contributed by atoms with E-state index in [4.69, 9.17) is 17.2 Å². The molecule has 0 aromatic carbocycles. The van der Waals surface area contributed by atoms with Gasteiger partial charge in [0.25, 0.3) is 0 Å². The van der Waals surface area contributed by atoms with Crippen LogP contribution in [0.5, 0.6) is 0 Å². The summed E-state index contributed by atoms with van der Waals surface area (Å²) in [5.41, 5.74) is 17.8. The second-order valence-electron chi connectivity index (χ2n) is 3.39. The van der Waals surface area contributed by atoms with Crippen molar-refractivity contribution in [3.05, 3.63) is 17.3 Å². The van der Waals surface area contributed by atoms with Crippen LogP contribution in [-0.2, 0) is 0 Å². The minimum absolute atomic E-state index is 0.0368. The zero-order valence-corrected chi connectivity index (χ0v) is 8.51. The number of aromatic nitrogens is 1. The molecule has 0 radical (unpaired) electrons. The third kappa shape index (κ3) is 2.17. The number of aliphatic hydroxyl groups is 2. The highest BCUT2D eigenvalue weighted by molar-refractivity contribution is 5.64. The van der Waals surface area contributed by atoms with E-state index in [2.05, 4.69) is 4.98 Å². The van der Waals surface area contributed by atoms with Crippen LogP contribution in [0.2, 0.25) is 0 Å². The van der Waals surface area contributed by atoms with E-state index in [0.717, 1.165) is 0 Å². The average Bonchev–Trinajstić information content (AvgIpc) is 2.24.